The molecule has 3 nitrogen and oxygen atoms in total. The Labute approximate surface area is 186 Å². The lowest BCUT2D eigenvalue weighted by molar-refractivity contribution is 0.157. The molecule has 0 radical (unpaired) electrons. The van der Waals surface area contributed by atoms with Crippen molar-refractivity contribution in [1.82, 2.24) is 4.90 Å². The zero-order valence-corrected chi connectivity index (χ0v) is 18.6. The van der Waals surface area contributed by atoms with Crippen LogP contribution in [0.2, 0.25) is 0 Å². The fourth-order valence-corrected chi connectivity index (χ4v) is 4.77. The molecule has 1 heterocycles. The van der Waals surface area contributed by atoms with Crippen LogP contribution in [0.1, 0.15) is 29.2 Å². The van der Waals surface area contributed by atoms with Crippen LogP contribution in [0.25, 0.3) is 0 Å². The van der Waals surface area contributed by atoms with Gasteiger partial charge < -0.3 is 9.64 Å². The Bertz CT molecular complexity index is 943. The molecular formula is C28H32N2O. The quantitative estimate of drug-likeness (QED) is 0.371. The Morgan fingerprint density at radius 3 is 2.10 bits per heavy atom. The molecule has 0 bridgehead atoms. The van der Waals surface area contributed by atoms with Crippen LogP contribution >= 0.6 is 0 Å². The third kappa shape index (κ3) is 4.88. The first-order chi connectivity index (χ1) is 15.2. The molecule has 31 heavy (non-hydrogen) atoms. The van der Waals surface area contributed by atoms with Crippen molar-refractivity contribution < 1.29 is 4.74 Å². The average Bonchev–Trinajstić information content (AvgIpc) is 2.80. The van der Waals surface area contributed by atoms with E-state index in [-0.39, 0.29) is 11.6 Å². The van der Waals surface area contributed by atoms with Gasteiger partial charge in [0.15, 0.2) is 0 Å². The first-order valence-electron chi connectivity index (χ1n) is 11.2. The SMILES string of the molecule is COC[C@H](C)N=CN1CCc2ccccc2C1(Cc1ccccc1)Cc1ccccc1. The molecule has 0 unspecified atom stereocenters. The summed E-state index contributed by atoms with van der Waals surface area (Å²) in [5.41, 5.74) is 5.37. The molecule has 3 heteroatoms. The summed E-state index contributed by atoms with van der Waals surface area (Å²) in [5, 5.41) is 0. The van der Waals surface area contributed by atoms with Crippen LogP contribution in [0.3, 0.4) is 0 Å². The Kier molecular flexibility index (Phi) is 6.83. The lowest BCUT2D eigenvalue weighted by Crippen LogP contribution is -2.53. The van der Waals surface area contributed by atoms with Gasteiger partial charge >= 0.3 is 0 Å². The number of aliphatic imine (C=N–C) groups is 1. The molecule has 0 N–H and O–H groups in total. The lowest BCUT2D eigenvalue weighted by Gasteiger charge is -2.48. The van der Waals surface area contributed by atoms with Crippen molar-refractivity contribution in [3.8, 4) is 0 Å². The van der Waals surface area contributed by atoms with Crippen LogP contribution in [0.4, 0.5) is 0 Å². The molecule has 0 saturated carbocycles. The molecule has 160 valence electrons. The smallest absolute Gasteiger partial charge is 0.0861 e. The molecule has 1 aliphatic rings. The lowest BCUT2D eigenvalue weighted by atomic mass is 9.73. The summed E-state index contributed by atoms with van der Waals surface area (Å²) < 4.78 is 5.31. The van der Waals surface area contributed by atoms with Crippen molar-refractivity contribution in [3.63, 3.8) is 0 Å². The maximum atomic E-state index is 5.31. The number of fused-ring (bicyclic) bond motifs is 1. The molecule has 4 rings (SSSR count). The van der Waals surface area contributed by atoms with Gasteiger partial charge in [0.05, 0.1) is 24.5 Å². The monoisotopic (exact) mass is 412 g/mol. The van der Waals surface area contributed by atoms with E-state index in [0.29, 0.717) is 6.61 Å². The van der Waals surface area contributed by atoms with Crippen LogP contribution in [-0.4, -0.2) is 37.5 Å². The summed E-state index contributed by atoms with van der Waals surface area (Å²) in [4.78, 5) is 7.35. The third-order valence-electron chi connectivity index (χ3n) is 6.24. The minimum atomic E-state index is -0.187. The zero-order chi connectivity index (χ0) is 21.5. The fraction of sp³-hybridized carbons (Fsp3) is 0.321. The van der Waals surface area contributed by atoms with E-state index < -0.39 is 0 Å². The molecular weight excluding hydrogens is 380 g/mol. The van der Waals surface area contributed by atoms with Crippen molar-refractivity contribution in [1.29, 1.82) is 0 Å². The highest BCUT2D eigenvalue weighted by atomic mass is 16.5. The van der Waals surface area contributed by atoms with Gasteiger partial charge in [-0.2, -0.15) is 0 Å². The molecule has 0 amide bonds. The summed E-state index contributed by atoms with van der Waals surface area (Å²) in [6.07, 6.45) is 4.99. The van der Waals surface area contributed by atoms with Crippen LogP contribution in [0.15, 0.2) is 89.9 Å². The van der Waals surface area contributed by atoms with E-state index in [4.69, 9.17) is 9.73 Å². The predicted molar refractivity (Wildman–Crippen MR) is 129 cm³/mol. The normalized spacial score (nSPS) is 16.3. The highest BCUT2D eigenvalue weighted by Crippen LogP contribution is 2.40. The van der Waals surface area contributed by atoms with Gasteiger partial charge in [0, 0.05) is 26.5 Å². The predicted octanol–water partition coefficient (Wildman–Crippen LogP) is 5.29. The summed E-state index contributed by atoms with van der Waals surface area (Å²) in [5.74, 6) is 0. The molecule has 1 atom stereocenters. The minimum Gasteiger partial charge on any atom is -0.382 e. The number of nitrogens with zero attached hydrogens (tertiary/aromatic N) is 2. The number of ether oxygens (including phenoxy) is 1. The molecule has 0 spiro atoms. The van der Waals surface area contributed by atoms with Gasteiger partial charge in [-0.25, -0.2) is 0 Å². The van der Waals surface area contributed by atoms with Gasteiger partial charge in [0.2, 0.25) is 0 Å². The van der Waals surface area contributed by atoms with Crippen LogP contribution in [0, 0.1) is 0 Å². The summed E-state index contributed by atoms with van der Waals surface area (Å²) >= 11 is 0. The molecule has 0 fully saturated rings. The first kappa shape index (κ1) is 21.3. The van der Waals surface area contributed by atoms with Gasteiger partial charge in [0.1, 0.15) is 0 Å². The topological polar surface area (TPSA) is 24.8 Å². The Hall–Kier alpha value is -2.91. The van der Waals surface area contributed by atoms with Crippen molar-refractivity contribution in [2.75, 3.05) is 20.3 Å². The molecule has 0 aromatic heterocycles. The number of hydrogen-bond donors (Lipinski definition) is 0. The van der Waals surface area contributed by atoms with E-state index in [2.05, 4.69) is 103 Å². The van der Waals surface area contributed by atoms with Crippen molar-refractivity contribution in [2.45, 2.75) is 37.8 Å². The van der Waals surface area contributed by atoms with Crippen molar-refractivity contribution in [3.05, 3.63) is 107 Å². The summed E-state index contributed by atoms with van der Waals surface area (Å²) in [6.45, 7) is 3.69. The van der Waals surface area contributed by atoms with E-state index in [1.165, 1.54) is 22.3 Å². The highest BCUT2D eigenvalue weighted by Gasteiger charge is 2.41. The molecule has 0 saturated heterocycles. The fourth-order valence-electron chi connectivity index (χ4n) is 4.77. The number of methoxy groups -OCH3 is 1. The average molecular weight is 413 g/mol. The highest BCUT2D eigenvalue weighted by molar-refractivity contribution is 5.60. The van der Waals surface area contributed by atoms with Gasteiger partial charge in [-0.15, -0.1) is 0 Å². The van der Waals surface area contributed by atoms with Crippen molar-refractivity contribution >= 4 is 6.34 Å². The van der Waals surface area contributed by atoms with E-state index >= 15 is 0 Å². The maximum absolute atomic E-state index is 5.31. The number of hydrogen-bond acceptors (Lipinski definition) is 2. The third-order valence-corrected chi connectivity index (χ3v) is 6.24. The van der Waals surface area contributed by atoms with Gasteiger partial charge in [-0.1, -0.05) is 84.9 Å². The maximum Gasteiger partial charge on any atom is 0.0861 e. The van der Waals surface area contributed by atoms with Crippen LogP contribution in [-0.2, 0) is 29.5 Å². The Balaban J connectivity index is 1.82. The second kappa shape index (κ2) is 9.93. The van der Waals surface area contributed by atoms with Crippen molar-refractivity contribution in [2.24, 2.45) is 4.99 Å². The van der Waals surface area contributed by atoms with Gasteiger partial charge in [-0.05, 0) is 35.6 Å². The van der Waals surface area contributed by atoms with E-state index in [1.54, 1.807) is 7.11 Å². The molecule has 1 aliphatic heterocycles. The van der Waals surface area contributed by atoms with Gasteiger partial charge in [0.25, 0.3) is 0 Å². The second-order valence-corrected chi connectivity index (χ2v) is 8.53. The van der Waals surface area contributed by atoms with E-state index in [0.717, 1.165) is 25.8 Å². The van der Waals surface area contributed by atoms with Crippen LogP contribution in [0.5, 0.6) is 0 Å². The number of benzene rings is 3. The van der Waals surface area contributed by atoms with Crippen LogP contribution < -0.4 is 0 Å². The van der Waals surface area contributed by atoms with E-state index in [9.17, 15) is 0 Å². The summed E-state index contributed by atoms with van der Waals surface area (Å²) in [6, 6.07) is 30.8. The first-order valence-corrected chi connectivity index (χ1v) is 11.2. The Morgan fingerprint density at radius 1 is 0.903 bits per heavy atom. The van der Waals surface area contributed by atoms with E-state index in [1.807, 2.05) is 0 Å². The minimum absolute atomic E-state index is 0.133. The zero-order valence-electron chi connectivity index (χ0n) is 18.6. The molecule has 3 aromatic rings. The number of rotatable bonds is 8. The molecule has 3 aromatic carbocycles. The van der Waals surface area contributed by atoms with Gasteiger partial charge in [-0.3, -0.25) is 4.99 Å². The Morgan fingerprint density at radius 2 is 1.48 bits per heavy atom. The largest absolute Gasteiger partial charge is 0.382 e. The second-order valence-electron chi connectivity index (χ2n) is 8.53. The standard InChI is InChI=1S/C28H32N2O/c1-23(21-31-2)29-22-30-18-17-26-15-9-10-16-27(26)28(30,19-24-11-5-3-6-12-24)20-25-13-7-4-8-14-25/h3-16,22-23H,17-21H2,1-2H3/t23-/m0/s1. The molecule has 0 aliphatic carbocycles. The summed E-state index contributed by atoms with van der Waals surface area (Å²) in [7, 11) is 1.73.